The molecule has 110 valence electrons. The van der Waals surface area contributed by atoms with Crippen molar-refractivity contribution in [1.82, 2.24) is 19.9 Å². The monoisotopic (exact) mass is 294 g/mol. The maximum Gasteiger partial charge on any atom is 0.317 e. The Bertz CT molecular complexity index is 834. The van der Waals surface area contributed by atoms with Gasteiger partial charge in [0.2, 0.25) is 0 Å². The first kappa shape index (κ1) is 13.9. The average Bonchev–Trinajstić information content (AvgIpc) is 2.54. The molecule has 3 aromatic heterocycles. The lowest BCUT2D eigenvalue weighted by atomic mass is 10.0. The summed E-state index contributed by atoms with van der Waals surface area (Å²) in [6.07, 6.45) is 5.72. The molecule has 0 unspecified atom stereocenters. The summed E-state index contributed by atoms with van der Waals surface area (Å²) in [5.41, 5.74) is 9.09. The minimum atomic E-state index is -0.687. The number of hydrogen-bond donors (Lipinski definition) is 2. The fourth-order valence-corrected chi connectivity index (χ4v) is 2.20. The van der Waals surface area contributed by atoms with Crippen molar-refractivity contribution in [3.05, 3.63) is 42.4 Å². The summed E-state index contributed by atoms with van der Waals surface area (Å²) >= 11 is 0. The first-order valence-electron chi connectivity index (χ1n) is 6.81. The Morgan fingerprint density at radius 3 is 2.73 bits per heavy atom. The number of nitrogens with one attached hydrogen (secondary N) is 1. The maximum atomic E-state index is 10.9. The van der Waals surface area contributed by atoms with Crippen LogP contribution in [0.15, 0.2) is 36.8 Å². The van der Waals surface area contributed by atoms with Gasteiger partial charge in [-0.15, -0.1) is 0 Å². The molecule has 0 aliphatic carbocycles. The second-order valence-corrected chi connectivity index (χ2v) is 4.67. The van der Waals surface area contributed by atoms with Crippen LogP contribution in [0.4, 0.5) is 10.6 Å². The van der Waals surface area contributed by atoms with Gasteiger partial charge in [0, 0.05) is 18.0 Å². The number of fused-ring (bicyclic) bond motifs is 1. The van der Waals surface area contributed by atoms with E-state index in [-0.39, 0.29) is 5.82 Å². The molecule has 0 fully saturated rings. The molecule has 0 saturated heterocycles. The maximum absolute atomic E-state index is 10.9. The van der Waals surface area contributed by atoms with E-state index in [0.29, 0.717) is 11.2 Å². The summed E-state index contributed by atoms with van der Waals surface area (Å²) in [6.45, 7) is 2.06. The summed E-state index contributed by atoms with van der Waals surface area (Å²) in [6, 6.07) is 5.06. The molecule has 0 aliphatic rings. The summed E-state index contributed by atoms with van der Waals surface area (Å²) < 4.78 is 0. The highest BCUT2D eigenvalue weighted by Crippen LogP contribution is 2.24. The number of urea groups is 1. The van der Waals surface area contributed by atoms with E-state index in [1.165, 1.54) is 6.20 Å². The molecule has 0 saturated carbocycles. The predicted molar refractivity (Wildman–Crippen MR) is 83.1 cm³/mol. The van der Waals surface area contributed by atoms with Gasteiger partial charge in [0.15, 0.2) is 11.5 Å². The molecule has 7 nitrogen and oxygen atoms in total. The van der Waals surface area contributed by atoms with E-state index in [9.17, 15) is 4.79 Å². The number of anilines is 1. The van der Waals surface area contributed by atoms with Crippen LogP contribution in [0, 0.1) is 0 Å². The molecule has 0 spiro atoms. The molecular weight excluding hydrogens is 280 g/mol. The van der Waals surface area contributed by atoms with Crippen molar-refractivity contribution in [3.8, 4) is 11.3 Å². The minimum absolute atomic E-state index is 0.275. The number of primary amides is 1. The fourth-order valence-electron chi connectivity index (χ4n) is 2.20. The van der Waals surface area contributed by atoms with E-state index in [1.807, 2.05) is 18.2 Å². The van der Waals surface area contributed by atoms with Crippen LogP contribution in [-0.2, 0) is 6.42 Å². The second-order valence-electron chi connectivity index (χ2n) is 4.67. The number of aryl methyl sites for hydroxylation is 1. The van der Waals surface area contributed by atoms with E-state index < -0.39 is 6.03 Å². The fraction of sp³-hybridized carbons (Fsp3) is 0.133. The predicted octanol–water partition coefficient (Wildman–Crippen LogP) is 2.14. The SMILES string of the molecule is CCc1cc2ncc(NC(N)=O)nc2nc1-c1ccncc1. The highest BCUT2D eigenvalue weighted by molar-refractivity contribution is 5.87. The molecule has 22 heavy (non-hydrogen) atoms. The second kappa shape index (κ2) is 5.72. The third-order valence-electron chi connectivity index (χ3n) is 3.20. The van der Waals surface area contributed by atoms with Crippen molar-refractivity contribution in [2.45, 2.75) is 13.3 Å². The third kappa shape index (κ3) is 2.69. The molecule has 7 heteroatoms. The zero-order valence-corrected chi connectivity index (χ0v) is 11.9. The first-order chi connectivity index (χ1) is 10.7. The van der Waals surface area contributed by atoms with E-state index >= 15 is 0 Å². The molecule has 3 N–H and O–H groups in total. The van der Waals surface area contributed by atoms with E-state index in [4.69, 9.17) is 5.73 Å². The van der Waals surface area contributed by atoms with Crippen LogP contribution >= 0.6 is 0 Å². The van der Waals surface area contributed by atoms with Gasteiger partial charge in [-0.3, -0.25) is 10.3 Å². The van der Waals surface area contributed by atoms with Gasteiger partial charge in [0.05, 0.1) is 11.9 Å². The lowest BCUT2D eigenvalue weighted by molar-refractivity contribution is 0.259. The molecule has 0 bridgehead atoms. The van der Waals surface area contributed by atoms with Crippen LogP contribution in [0.25, 0.3) is 22.4 Å². The number of nitrogens with two attached hydrogens (primary N) is 1. The van der Waals surface area contributed by atoms with Gasteiger partial charge in [0.1, 0.15) is 5.52 Å². The largest absolute Gasteiger partial charge is 0.351 e. The van der Waals surface area contributed by atoms with Gasteiger partial charge in [-0.2, -0.15) is 0 Å². The number of rotatable bonds is 3. The number of nitrogens with zero attached hydrogens (tertiary/aromatic N) is 4. The number of pyridine rings is 2. The van der Waals surface area contributed by atoms with Crippen LogP contribution in [-0.4, -0.2) is 26.0 Å². The molecule has 0 radical (unpaired) electrons. The summed E-state index contributed by atoms with van der Waals surface area (Å²) in [7, 11) is 0. The summed E-state index contributed by atoms with van der Waals surface area (Å²) in [5.74, 6) is 0.275. The molecule has 2 amide bonds. The van der Waals surface area contributed by atoms with Crippen LogP contribution in [0.5, 0.6) is 0 Å². The average molecular weight is 294 g/mol. The van der Waals surface area contributed by atoms with E-state index in [2.05, 4.69) is 32.2 Å². The van der Waals surface area contributed by atoms with Gasteiger partial charge in [0.25, 0.3) is 0 Å². The summed E-state index contributed by atoms with van der Waals surface area (Å²) in [5, 5.41) is 2.40. The molecule has 0 aliphatic heterocycles. The Labute approximate surface area is 126 Å². The van der Waals surface area contributed by atoms with Gasteiger partial charge >= 0.3 is 6.03 Å². The molecule has 3 rings (SSSR count). The Kier molecular flexibility index (Phi) is 3.61. The standard InChI is InChI=1S/C15H14N6O/c1-2-9-7-11-14(19-12(8-18-11)20-15(16)22)21-13(9)10-3-5-17-6-4-10/h3-8H,2H2,1H3,(H3,16,19,20,21,22). The first-order valence-corrected chi connectivity index (χ1v) is 6.81. The van der Waals surface area contributed by atoms with Crippen LogP contribution in [0.2, 0.25) is 0 Å². The number of carbonyl (C=O) groups is 1. The van der Waals surface area contributed by atoms with Crippen molar-refractivity contribution < 1.29 is 4.79 Å². The lowest BCUT2D eigenvalue weighted by Crippen LogP contribution is -2.20. The normalized spacial score (nSPS) is 10.6. The van der Waals surface area contributed by atoms with E-state index in [0.717, 1.165) is 23.2 Å². The summed E-state index contributed by atoms with van der Waals surface area (Å²) in [4.78, 5) is 28.1. The zero-order chi connectivity index (χ0) is 15.5. The number of hydrogen-bond acceptors (Lipinski definition) is 5. The topological polar surface area (TPSA) is 107 Å². The molecular formula is C15H14N6O. The van der Waals surface area contributed by atoms with Gasteiger partial charge < -0.3 is 5.73 Å². The van der Waals surface area contributed by atoms with Crippen molar-refractivity contribution in [2.24, 2.45) is 5.73 Å². The Morgan fingerprint density at radius 2 is 2.05 bits per heavy atom. The van der Waals surface area contributed by atoms with Crippen LogP contribution < -0.4 is 11.1 Å². The zero-order valence-electron chi connectivity index (χ0n) is 11.9. The Balaban J connectivity index is 2.16. The highest BCUT2D eigenvalue weighted by atomic mass is 16.2. The van der Waals surface area contributed by atoms with Crippen molar-refractivity contribution >= 4 is 23.0 Å². The third-order valence-corrected chi connectivity index (χ3v) is 3.20. The smallest absolute Gasteiger partial charge is 0.317 e. The number of amides is 2. The highest BCUT2D eigenvalue weighted by Gasteiger charge is 2.10. The molecule has 0 aromatic carbocycles. The van der Waals surface area contributed by atoms with Crippen LogP contribution in [0.1, 0.15) is 12.5 Å². The number of carbonyl (C=O) groups excluding carboxylic acids is 1. The van der Waals surface area contributed by atoms with E-state index in [1.54, 1.807) is 12.4 Å². The van der Waals surface area contributed by atoms with Crippen molar-refractivity contribution in [1.29, 1.82) is 0 Å². The Morgan fingerprint density at radius 1 is 1.27 bits per heavy atom. The molecule has 3 heterocycles. The molecule has 3 aromatic rings. The molecule has 0 atom stereocenters. The van der Waals surface area contributed by atoms with Crippen molar-refractivity contribution in [2.75, 3.05) is 5.32 Å². The lowest BCUT2D eigenvalue weighted by Gasteiger charge is -2.09. The van der Waals surface area contributed by atoms with Crippen molar-refractivity contribution in [3.63, 3.8) is 0 Å². The minimum Gasteiger partial charge on any atom is -0.351 e. The Hall–Kier alpha value is -3.09. The quantitative estimate of drug-likeness (QED) is 0.769. The van der Waals surface area contributed by atoms with Gasteiger partial charge in [-0.05, 0) is 30.2 Å². The van der Waals surface area contributed by atoms with Crippen LogP contribution in [0.3, 0.4) is 0 Å². The van der Waals surface area contributed by atoms with Gasteiger partial charge in [-0.1, -0.05) is 6.92 Å². The van der Waals surface area contributed by atoms with Gasteiger partial charge in [-0.25, -0.2) is 19.7 Å². The number of aromatic nitrogens is 4.